The van der Waals surface area contributed by atoms with Gasteiger partial charge < -0.3 is 16.4 Å². The second-order valence-corrected chi connectivity index (χ2v) is 7.97. The van der Waals surface area contributed by atoms with Crippen LogP contribution in [0.2, 0.25) is 0 Å². The van der Waals surface area contributed by atoms with Crippen LogP contribution in [-0.2, 0) is 13.2 Å². The Morgan fingerprint density at radius 1 is 1.22 bits per heavy atom. The van der Waals surface area contributed by atoms with Crippen molar-refractivity contribution < 1.29 is 13.2 Å². The van der Waals surface area contributed by atoms with Crippen LogP contribution in [0.4, 0.5) is 24.7 Å². The molecule has 32 heavy (non-hydrogen) atoms. The molecular formula is C23H24F3N5O. The molecule has 4 rings (SSSR count). The molecule has 0 aliphatic carbocycles. The van der Waals surface area contributed by atoms with E-state index in [1.807, 2.05) is 18.2 Å². The van der Waals surface area contributed by atoms with Gasteiger partial charge in [-0.05, 0) is 66.9 Å². The summed E-state index contributed by atoms with van der Waals surface area (Å²) in [5, 5.41) is 7.12. The van der Waals surface area contributed by atoms with Crippen LogP contribution in [-0.4, -0.2) is 22.6 Å². The minimum Gasteiger partial charge on any atom is -0.399 e. The quantitative estimate of drug-likeness (QED) is 0.529. The van der Waals surface area contributed by atoms with Crippen LogP contribution < -0.4 is 22.1 Å². The lowest BCUT2D eigenvalue weighted by molar-refractivity contribution is -0.137. The SMILES string of the molecule is C[C@@H](Nc1nc(=O)n(C)c2ccc(C3=CCNCC3)cc12)c1cc(N)cc(C(F)(F)F)c1. The van der Waals surface area contributed by atoms with Crippen LogP contribution in [0, 0.1) is 0 Å². The Kier molecular flexibility index (Phi) is 5.68. The highest BCUT2D eigenvalue weighted by atomic mass is 19.4. The van der Waals surface area contributed by atoms with Crippen molar-refractivity contribution in [3.63, 3.8) is 0 Å². The van der Waals surface area contributed by atoms with Gasteiger partial charge in [0.15, 0.2) is 0 Å². The number of nitrogens with zero attached hydrogens (tertiary/aromatic N) is 2. The summed E-state index contributed by atoms with van der Waals surface area (Å²) in [5.41, 5.74) is 7.72. The number of aryl methyl sites for hydroxylation is 1. The molecule has 168 valence electrons. The van der Waals surface area contributed by atoms with Crippen LogP contribution in [0.5, 0.6) is 0 Å². The molecular weight excluding hydrogens is 419 g/mol. The molecule has 0 saturated heterocycles. The molecule has 4 N–H and O–H groups in total. The standard InChI is InChI=1S/C23H24F3N5O/c1-13(16-9-17(23(24,25)26)12-18(27)10-16)29-21-19-11-15(14-5-7-28-8-6-14)3-4-20(19)31(2)22(32)30-21/h3-5,9-13,28H,6-8,27H2,1-2H3,(H,29,30,32)/t13-/m1/s1. The lowest BCUT2D eigenvalue weighted by Crippen LogP contribution is -2.23. The highest BCUT2D eigenvalue weighted by Crippen LogP contribution is 2.34. The number of benzene rings is 2. The average Bonchev–Trinajstić information content (AvgIpc) is 2.76. The molecule has 0 bridgehead atoms. The number of fused-ring (bicyclic) bond motifs is 1. The van der Waals surface area contributed by atoms with Gasteiger partial charge in [0.2, 0.25) is 0 Å². The summed E-state index contributed by atoms with van der Waals surface area (Å²) in [6.07, 6.45) is -1.50. The Labute approximate surface area is 183 Å². The number of anilines is 2. The maximum Gasteiger partial charge on any atom is 0.416 e. The lowest BCUT2D eigenvalue weighted by Gasteiger charge is -2.20. The minimum atomic E-state index is -4.50. The lowest BCUT2D eigenvalue weighted by atomic mass is 9.98. The third-order valence-electron chi connectivity index (χ3n) is 5.70. The molecule has 0 spiro atoms. The number of aromatic nitrogens is 2. The highest BCUT2D eigenvalue weighted by Gasteiger charge is 2.31. The van der Waals surface area contributed by atoms with Crippen molar-refractivity contribution in [3.8, 4) is 0 Å². The van der Waals surface area contributed by atoms with Gasteiger partial charge in [0.05, 0.1) is 17.1 Å². The number of alkyl halides is 3. The van der Waals surface area contributed by atoms with Crippen LogP contribution >= 0.6 is 0 Å². The van der Waals surface area contributed by atoms with Gasteiger partial charge in [-0.25, -0.2) is 4.79 Å². The van der Waals surface area contributed by atoms with E-state index in [4.69, 9.17) is 5.73 Å². The summed E-state index contributed by atoms with van der Waals surface area (Å²) >= 11 is 0. The summed E-state index contributed by atoms with van der Waals surface area (Å²) in [7, 11) is 1.64. The molecule has 1 aromatic heterocycles. The number of hydrogen-bond acceptors (Lipinski definition) is 5. The van der Waals surface area contributed by atoms with Crippen molar-refractivity contribution >= 4 is 28.0 Å². The number of nitrogens with one attached hydrogen (secondary N) is 2. The number of rotatable bonds is 4. The third kappa shape index (κ3) is 4.34. The van der Waals surface area contributed by atoms with Crippen molar-refractivity contribution in [1.82, 2.24) is 14.9 Å². The van der Waals surface area contributed by atoms with Gasteiger partial charge in [-0.15, -0.1) is 0 Å². The Hall–Kier alpha value is -3.33. The summed E-state index contributed by atoms with van der Waals surface area (Å²) in [6.45, 7) is 3.38. The van der Waals surface area contributed by atoms with E-state index < -0.39 is 23.5 Å². The third-order valence-corrected chi connectivity index (χ3v) is 5.70. The number of halogens is 3. The van der Waals surface area contributed by atoms with Crippen LogP contribution in [0.25, 0.3) is 16.5 Å². The Balaban J connectivity index is 1.77. The fraction of sp³-hybridized carbons (Fsp3) is 0.304. The molecule has 0 unspecified atom stereocenters. The molecule has 0 radical (unpaired) electrons. The fourth-order valence-electron chi connectivity index (χ4n) is 3.93. The van der Waals surface area contributed by atoms with Crippen LogP contribution in [0.15, 0.2) is 47.3 Å². The molecule has 9 heteroatoms. The molecule has 6 nitrogen and oxygen atoms in total. The van der Waals surface area contributed by atoms with Gasteiger partial charge in [-0.1, -0.05) is 12.1 Å². The van der Waals surface area contributed by atoms with E-state index in [-0.39, 0.29) is 5.69 Å². The van der Waals surface area contributed by atoms with Crippen LogP contribution in [0.3, 0.4) is 0 Å². The topological polar surface area (TPSA) is 85.0 Å². The minimum absolute atomic E-state index is 0.0189. The van der Waals surface area contributed by atoms with E-state index >= 15 is 0 Å². The van der Waals surface area contributed by atoms with Gasteiger partial charge in [0.25, 0.3) is 0 Å². The normalized spacial score (nSPS) is 15.5. The molecule has 2 heterocycles. The van der Waals surface area contributed by atoms with Gasteiger partial charge in [-0.3, -0.25) is 4.57 Å². The van der Waals surface area contributed by atoms with Crippen molar-refractivity contribution in [2.75, 3.05) is 24.1 Å². The van der Waals surface area contributed by atoms with E-state index in [2.05, 4.69) is 21.7 Å². The first-order valence-corrected chi connectivity index (χ1v) is 10.3. The first-order chi connectivity index (χ1) is 15.1. The Bertz CT molecular complexity index is 1260. The van der Waals surface area contributed by atoms with Crippen LogP contribution in [0.1, 0.15) is 36.1 Å². The number of nitrogen functional groups attached to an aromatic ring is 1. The maximum atomic E-state index is 13.2. The van der Waals surface area contributed by atoms with Gasteiger partial charge in [0, 0.05) is 24.7 Å². The molecule has 1 aliphatic heterocycles. The van der Waals surface area contributed by atoms with Crippen molar-refractivity contribution in [3.05, 3.63) is 69.6 Å². The van der Waals surface area contributed by atoms with E-state index in [1.165, 1.54) is 16.2 Å². The molecule has 1 aliphatic rings. The smallest absolute Gasteiger partial charge is 0.399 e. The highest BCUT2D eigenvalue weighted by molar-refractivity contribution is 5.92. The van der Waals surface area contributed by atoms with Crippen molar-refractivity contribution in [1.29, 1.82) is 0 Å². The molecule has 2 aromatic carbocycles. The largest absolute Gasteiger partial charge is 0.416 e. The van der Waals surface area contributed by atoms with E-state index in [0.29, 0.717) is 16.9 Å². The average molecular weight is 443 g/mol. The predicted molar refractivity (Wildman–Crippen MR) is 120 cm³/mol. The summed E-state index contributed by atoms with van der Waals surface area (Å²) < 4.78 is 41.1. The summed E-state index contributed by atoms with van der Waals surface area (Å²) in [5.74, 6) is 0.322. The molecule has 1 atom stereocenters. The number of hydrogen-bond donors (Lipinski definition) is 3. The molecule has 0 saturated carbocycles. The van der Waals surface area contributed by atoms with Crippen molar-refractivity contribution in [2.24, 2.45) is 7.05 Å². The van der Waals surface area contributed by atoms with Crippen molar-refractivity contribution in [2.45, 2.75) is 25.6 Å². The van der Waals surface area contributed by atoms with E-state index in [0.717, 1.165) is 42.6 Å². The Morgan fingerprint density at radius 2 is 2.00 bits per heavy atom. The summed E-state index contributed by atoms with van der Waals surface area (Å²) in [4.78, 5) is 16.6. The number of nitrogens with two attached hydrogens (primary N) is 1. The molecule has 3 aromatic rings. The second kappa shape index (κ2) is 8.31. The first-order valence-electron chi connectivity index (χ1n) is 10.3. The molecule has 0 fully saturated rings. The van der Waals surface area contributed by atoms with Gasteiger partial charge in [0.1, 0.15) is 5.82 Å². The Morgan fingerprint density at radius 3 is 2.69 bits per heavy atom. The predicted octanol–water partition coefficient (Wildman–Crippen LogP) is 4.08. The summed E-state index contributed by atoms with van der Waals surface area (Å²) in [6, 6.07) is 8.69. The zero-order valence-electron chi connectivity index (χ0n) is 17.8. The zero-order valence-corrected chi connectivity index (χ0v) is 17.8. The second-order valence-electron chi connectivity index (χ2n) is 7.97. The maximum absolute atomic E-state index is 13.2. The van der Waals surface area contributed by atoms with Gasteiger partial charge >= 0.3 is 11.9 Å². The van der Waals surface area contributed by atoms with E-state index in [1.54, 1.807) is 14.0 Å². The first kappa shape index (κ1) is 21.9. The fourth-order valence-corrected chi connectivity index (χ4v) is 3.93. The van der Waals surface area contributed by atoms with E-state index in [9.17, 15) is 18.0 Å². The monoisotopic (exact) mass is 443 g/mol. The van der Waals surface area contributed by atoms with Gasteiger partial charge in [-0.2, -0.15) is 18.2 Å². The zero-order chi connectivity index (χ0) is 23.0. The molecule has 0 amide bonds.